The van der Waals surface area contributed by atoms with Gasteiger partial charge in [-0.25, -0.2) is 0 Å². The highest BCUT2D eigenvalue weighted by atomic mass is 17.0. The molecule has 5 nitrogen and oxygen atoms in total. The molecule has 0 bridgehead atoms. The zero-order valence-electron chi connectivity index (χ0n) is 7.56. The van der Waals surface area contributed by atoms with Crippen LogP contribution in [-0.4, -0.2) is 37.6 Å². The van der Waals surface area contributed by atoms with Crippen molar-refractivity contribution in [3.8, 4) is 0 Å². The van der Waals surface area contributed by atoms with Gasteiger partial charge in [-0.05, 0) is 12.8 Å². The van der Waals surface area contributed by atoms with E-state index in [1.165, 1.54) is 12.3 Å². The van der Waals surface area contributed by atoms with Crippen molar-refractivity contribution in [2.75, 3.05) is 20.3 Å². The largest absolute Gasteiger partial charge is 0.469 e. The van der Waals surface area contributed by atoms with E-state index >= 15 is 0 Å². The number of hydrogen-bond donors (Lipinski definition) is 0. The first-order valence-electron chi connectivity index (χ1n) is 4.46. The number of rotatable bonds is 1. The summed E-state index contributed by atoms with van der Waals surface area (Å²) in [6.07, 6.45) is 1.90. The molecule has 0 saturated carbocycles. The third-order valence-corrected chi connectivity index (χ3v) is 2.48. The van der Waals surface area contributed by atoms with Crippen LogP contribution < -0.4 is 0 Å². The number of carbonyl (C=O) groups is 1. The number of fused-ring (bicyclic) bond motifs is 1. The van der Waals surface area contributed by atoms with E-state index in [0.29, 0.717) is 13.2 Å². The van der Waals surface area contributed by atoms with Crippen LogP contribution in [0.15, 0.2) is 0 Å². The van der Waals surface area contributed by atoms with Gasteiger partial charge in [0.2, 0.25) is 0 Å². The maximum absolute atomic E-state index is 11.3. The highest BCUT2D eigenvalue weighted by Crippen LogP contribution is 2.29. The Kier molecular flexibility index (Phi) is 2.48. The molecule has 0 amide bonds. The molecule has 5 heteroatoms. The Morgan fingerprint density at radius 2 is 2.38 bits per heavy atom. The van der Waals surface area contributed by atoms with Crippen molar-refractivity contribution in [1.82, 2.24) is 5.23 Å². The Balaban J connectivity index is 2.02. The lowest BCUT2D eigenvalue weighted by atomic mass is 9.97. The summed E-state index contributed by atoms with van der Waals surface area (Å²) in [5.41, 5.74) is 0. The molecule has 0 radical (unpaired) electrons. The molecule has 0 unspecified atom stereocenters. The summed E-state index contributed by atoms with van der Waals surface area (Å²) in [7, 11) is 1.40. The van der Waals surface area contributed by atoms with E-state index in [9.17, 15) is 4.79 Å². The molecule has 0 N–H and O–H groups in total. The first-order valence-corrected chi connectivity index (χ1v) is 4.46. The van der Waals surface area contributed by atoms with E-state index in [1.807, 2.05) is 0 Å². The first-order chi connectivity index (χ1) is 6.33. The number of hydrogen-bond acceptors (Lipinski definition) is 5. The molecule has 2 atom stereocenters. The summed E-state index contributed by atoms with van der Waals surface area (Å²) in [6.45, 7) is 1.04. The second kappa shape index (κ2) is 3.61. The molecule has 0 aromatic carbocycles. The number of esters is 1. The zero-order valence-corrected chi connectivity index (χ0v) is 7.56. The number of carbonyl (C=O) groups excluding carboxylic acids is 1. The third-order valence-electron chi connectivity index (χ3n) is 2.48. The van der Waals surface area contributed by atoms with Crippen molar-refractivity contribution in [3.63, 3.8) is 0 Å². The SMILES string of the molecule is COC(=O)[C@@H]1CON2OCCC[C@H]12. The smallest absolute Gasteiger partial charge is 0.312 e. The van der Waals surface area contributed by atoms with Gasteiger partial charge < -0.3 is 4.74 Å². The normalized spacial score (nSPS) is 34.2. The fourth-order valence-electron chi connectivity index (χ4n) is 1.77. The van der Waals surface area contributed by atoms with Gasteiger partial charge in [0.05, 0.1) is 26.4 Å². The van der Waals surface area contributed by atoms with Crippen molar-refractivity contribution in [2.45, 2.75) is 18.9 Å². The van der Waals surface area contributed by atoms with Gasteiger partial charge in [-0.1, -0.05) is 5.23 Å². The number of ether oxygens (including phenoxy) is 1. The van der Waals surface area contributed by atoms with E-state index in [2.05, 4.69) is 4.74 Å². The summed E-state index contributed by atoms with van der Waals surface area (Å²) >= 11 is 0. The first kappa shape index (κ1) is 8.93. The molecule has 13 heavy (non-hydrogen) atoms. The topological polar surface area (TPSA) is 48.0 Å². The standard InChI is InChI=1S/C8H13NO4/c1-11-8(10)6-5-13-9-7(6)3-2-4-12-9/h6-7H,2-5H2,1H3/t6-,7-/m1/s1. The van der Waals surface area contributed by atoms with Crippen LogP contribution in [0.3, 0.4) is 0 Å². The minimum atomic E-state index is -0.210. The van der Waals surface area contributed by atoms with Crippen molar-refractivity contribution in [1.29, 1.82) is 0 Å². The van der Waals surface area contributed by atoms with Gasteiger partial charge in [0.1, 0.15) is 5.92 Å². The quantitative estimate of drug-likeness (QED) is 0.545. The van der Waals surface area contributed by atoms with Crippen LogP contribution in [0.5, 0.6) is 0 Å². The average Bonchev–Trinajstić information content (AvgIpc) is 2.60. The molecule has 0 aromatic rings. The highest BCUT2D eigenvalue weighted by Gasteiger charge is 2.43. The second-order valence-corrected chi connectivity index (χ2v) is 3.25. The molecule has 0 spiro atoms. The lowest BCUT2D eigenvalue weighted by Crippen LogP contribution is -2.39. The van der Waals surface area contributed by atoms with Crippen LogP contribution in [0.4, 0.5) is 0 Å². The minimum Gasteiger partial charge on any atom is -0.469 e. The maximum Gasteiger partial charge on any atom is 0.312 e. The van der Waals surface area contributed by atoms with Gasteiger partial charge in [0.15, 0.2) is 0 Å². The maximum atomic E-state index is 11.3. The third kappa shape index (κ3) is 1.54. The lowest BCUT2D eigenvalue weighted by Gasteiger charge is -2.27. The Hall–Kier alpha value is -0.650. The molecule has 0 aromatic heterocycles. The number of methoxy groups -OCH3 is 1. The second-order valence-electron chi connectivity index (χ2n) is 3.25. The molecule has 2 heterocycles. The summed E-state index contributed by atoms with van der Waals surface area (Å²) in [5, 5.41) is 1.45. The molecular formula is C8H13NO4. The van der Waals surface area contributed by atoms with Crippen LogP contribution in [0.2, 0.25) is 0 Å². The van der Waals surface area contributed by atoms with Crippen molar-refractivity contribution in [2.24, 2.45) is 5.92 Å². The average molecular weight is 187 g/mol. The van der Waals surface area contributed by atoms with Gasteiger partial charge in [-0.15, -0.1) is 0 Å². The van der Waals surface area contributed by atoms with E-state index in [0.717, 1.165) is 12.8 Å². The lowest BCUT2D eigenvalue weighted by molar-refractivity contribution is -0.370. The van der Waals surface area contributed by atoms with Crippen molar-refractivity contribution < 1.29 is 19.2 Å². The van der Waals surface area contributed by atoms with Crippen LogP contribution in [0, 0.1) is 5.92 Å². The van der Waals surface area contributed by atoms with Crippen LogP contribution in [0.25, 0.3) is 0 Å². The van der Waals surface area contributed by atoms with Crippen molar-refractivity contribution in [3.05, 3.63) is 0 Å². The van der Waals surface area contributed by atoms with Crippen molar-refractivity contribution >= 4 is 5.97 Å². The molecule has 2 rings (SSSR count). The Morgan fingerprint density at radius 1 is 1.54 bits per heavy atom. The zero-order chi connectivity index (χ0) is 9.26. The van der Waals surface area contributed by atoms with E-state index < -0.39 is 0 Å². The molecule has 74 valence electrons. The highest BCUT2D eigenvalue weighted by molar-refractivity contribution is 5.73. The Labute approximate surface area is 76.5 Å². The summed E-state index contributed by atoms with van der Waals surface area (Å²) in [4.78, 5) is 21.7. The van der Waals surface area contributed by atoms with Gasteiger partial charge in [0.25, 0.3) is 0 Å². The van der Waals surface area contributed by atoms with Gasteiger partial charge in [-0.2, -0.15) is 0 Å². The van der Waals surface area contributed by atoms with Crippen LogP contribution >= 0.6 is 0 Å². The van der Waals surface area contributed by atoms with E-state index in [1.54, 1.807) is 0 Å². The predicted molar refractivity (Wildman–Crippen MR) is 42.3 cm³/mol. The minimum absolute atomic E-state index is 0.0428. The van der Waals surface area contributed by atoms with Crippen LogP contribution in [0.1, 0.15) is 12.8 Å². The number of hydroxylamine groups is 2. The molecule has 2 aliphatic rings. The molecular weight excluding hydrogens is 174 g/mol. The summed E-state index contributed by atoms with van der Waals surface area (Å²) in [5.74, 6) is -0.400. The predicted octanol–water partition coefficient (Wildman–Crippen LogP) is 0.117. The molecule has 2 saturated heterocycles. The van der Waals surface area contributed by atoms with Gasteiger partial charge in [-0.3, -0.25) is 14.5 Å². The summed E-state index contributed by atoms with van der Waals surface area (Å²) in [6, 6.07) is 0.0428. The Bertz CT molecular complexity index is 208. The molecule has 2 fully saturated rings. The fraction of sp³-hybridized carbons (Fsp3) is 0.875. The van der Waals surface area contributed by atoms with E-state index in [4.69, 9.17) is 9.68 Å². The van der Waals surface area contributed by atoms with Crippen LogP contribution in [-0.2, 0) is 19.2 Å². The summed E-state index contributed by atoms with van der Waals surface area (Å²) < 4.78 is 4.68. The van der Waals surface area contributed by atoms with Gasteiger partial charge in [0, 0.05) is 0 Å². The monoisotopic (exact) mass is 187 g/mol. The van der Waals surface area contributed by atoms with E-state index in [-0.39, 0.29) is 17.9 Å². The molecule has 2 aliphatic heterocycles. The Morgan fingerprint density at radius 3 is 3.15 bits per heavy atom. The van der Waals surface area contributed by atoms with Gasteiger partial charge >= 0.3 is 5.97 Å². The fourth-order valence-corrected chi connectivity index (χ4v) is 1.77. The number of nitrogens with zero attached hydrogens (tertiary/aromatic N) is 1. The molecule has 0 aliphatic carbocycles.